The highest BCUT2D eigenvalue weighted by atomic mass is 32.1. The Morgan fingerprint density at radius 1 is 1.28 bits per heavy atom. The largest absolute Gasteiger partial charge is 0.356 e. The quantitative estimate of drug-likeness (QED) is 0.804. The lowest BCUT2D eigenvalue weighted by molar-refractivity contribution is -0.120. The van der Waals surface area contributed by atoms with E-state index in [0.717, 1.165) is 17.0 Å². The fourth-order valence-electron chi connectivity index (χ4n) is 1.43. The van der Waals surface area contributed by atoms with Crippen LogP contribution in [-0.4, -0.2) is 12.5 Å². The first-order chi connectivity index (χ1) is 8.29. The number of carbonyl (C=O) groups is 1. The molecule has 0 bridgehead atoms. The van der Waals surface area contributed by atoms with Crippen molar-refractivity contribution < 1.29 is 4.79 Å². The van der Waals surface area contributed by atoms with E-state index in [1.54, 1.807) is 0 Å². The third-order valence-corrected chi connectivity index (χ3v) is 3.68. The maximum absolute atomic E-state index is 11.8. The van der Waals surface area contributed by atoms with E-state index in [9.17, 15) is 4.79 Å². The van der Waals surface area contributed by atoms with Crippen molar-refractivity contribution in [3.8, 4) is 0 Å². The van der Waals surface area contributed by atoms with Gasteiger partial charge in [-0.05, 0) is 29.0 Å². The van der Waals surface area contributed by atoms with Gasteiger partial charge in [0.15, 0.2) is 0 Å². The molecule has 0 saturated carbocycles. The third kappa shape index (κ3) is 5.13. The van der Waals surface area contributed by atoms with Gasteiger partial charge in [0.05, 0.1) is 6.42 Å². The molecule has 0 fully saturated rings. The SMILES string of the molecule is CC(CNC(=O)Cc1ccc(S)cc1)C(C)(C)C. The van der Waals surface area contributed by atoms with E-state index in [1.165, 1.54) is 0 Å². The van der Waals surface area contributed by atoms with E-state index in [2.05, 4.69) is 45.6 Å². The molecule has 100 valence electrons. The summed E-state index contributed by atoms with van der Waals surface area (Å²) < 4.78 is 0. The second-order valence-corrected chi connectivity index (χ2v) is 6.43. The molecule has 0 spiro atoms. The van der Waals surface area contributed by atoms with Gasteiger partial charge in [-0.2, -0.15) is 0 Å². The van der Waals surface area contributed by atoms with Crippen LogP contribution in [0.4, 0.5) is 0 Å². The summed E-state index contributed by atoms with van der Waals surface area (Å²) >= 11 is 4.22. The Bertz CT molecular complexity index is 392. The van der Waals surface area contributed by atoms with Gasteiger partial charge < -0.3 is 5.32 Å². The molecule has 1 unspecified atom stereocenters. The van der Waals surface area contributed by atoms with Crippen LogP contribution in [0.2, 0.25) is 0 Å². The molecular formula is C15H23NOS. The maximum Gasteiger partial charge on any atom is 0.224 e. The van der Waals surface area contributed by atoms with Crippen molar-refractivity contribution in [1.82, 2.24) is 5.32 Å². The van der Waals surface area contributed by atoms with E-state index in [-0.39, 0.29) is 11.3 Å². The van der Waals surface area contributed by atoms with Crippen molar-refractivity contribution in [2.24, 2.45) is 11.3 Å². The zero-order chi connectivity index (χ0) is 13.8. The number of hydrogen-bond donors (Lipinski definition) is 2. The lowest BCUT2D eigenvalue weighted by Gasteiger charge is -2.27. The Hall–Kier alpha value is -0.960. The lowest BCUT2D eigenvalue weighted by Crippen LogP contribution is -2.34. The Labute approximate surface area is 116 Å². The van der Waals surface area contributed by atoms with Crippen LogP contribution >= 0.6 is 12.6 Å². The predicted molar refractivity (Wildman–Crippen MR) is 79.0 cm³/mol. The molecule has 0 heterocycles. The van der Waals surface area contributed by atoms with E-state index in [0.29, 0.717) is 12.3 Å². The van der Waals surface area contributed by atoms with Gasteiger partial charge in [0.25, 0.3) is 0 Å². The second-order valence-electron chi connectivity index (χ2n) is 5.91. The minimum Gasteiger partial charge on any atom is -0.356 e. The van der Waals surface area contributed by atoms with Crippen molar-refractivity contribution in [1.29, 1.82) is 0 Å². The van der Waals surface area contributed by atoms with Crippen LogP contribution in [0.25, 0.3) is 0 Å². The van der Waals surface area contributed by atoms with E-state index >= 15 is 0 Å². The van der Waals surface area contributed by atoms with Crippen LogP contribution in [-0.2, 0) is 11.2 Å². The summed E-state index contributed by atoms with van der Waals surface area (Å²) in [6.07, 6.45) is 0.435. The van der Waals surface area contributed by atoms with E-state index < -0.39 is 0 Å². The first-order valence-corrected chi connectivity index (χ1v) is 6.78. The van der Waals surface area contributed by atoms with Crippen LogP contribution in [0.15, 0.2) is 29.2 Å². The molecule has 1 aromatic rings. The Morgan fingerprint density at radius 2 is 1.83 bits per heavy atom. The predicted octanol–water partition coefficient (Wildman–Crippen LogP) is 3.32. The van der Waals surface area contributed by atoms with Crippen molar-refractivity contribution in [3.05, 3.63) is 29.8 Å². The molecule has 1 aromatic carbocycles. The van der Waals surface area contributed by atoms with Gasteiger partial charge in [0, 0.05) is 11.4 Å². The van der Waals surface area contributed by atoms with Crippen molar-refractivity contribution >= 4 is 18.5 Å². The van der Waals surface area contributed by atoms with Gasteiger partial charge in [-0.15, -0.1) is 12.6 Å². The smallest absolute Gasteiger partial charge is 0.224 e. The van der Waals surface area contributed by atoms with Crippen molar-refractivity contribution in [3.63, 3.8) is 0 Å². The summed E-state index contributed by atoms with van der Waals surface area (Å²) in [5.41, 5.74) is 1.25. The number of carbonyl (C=O) groups excluding carboxylic acids is 1. The molecule has 1 rings (SSSR count). The highest BCUT2D eigenvalue weighted by molar-refractivity contribution is 7.80. The monoisotopic (exact) mass is 265 g/mol. The van der Waals surface area contributed by atoms with Gasteiger partial charge in [-0.1, -0.05) is 39.8 Å². The summed E-state index contributed by atoms with van der Waals surface area (Å²) in [6.45, 7) is 9.46. The van der Waals surface area contributed by atoms with Crippen LogP contribution in [0.5, 0.6) is 0 Å². The van der Waals surface area contributed by atoms with Gasteiger partial charge in [-0.25, -0.2) is 0 Å². The maximum atomic E-state index is 11.8. The molecule has 0 aliphatic heterocycles. The average molecular weight is 265 g/mol. The molecule has 18 heavy (non-hydrogen) atoms. The number of hydrogen-bond acceptors (Lipinski definition) is 2. The van der Waals surface area contributed by atoms with Crippen molar-refractivity contribution in [2.45, 2.75) is 39.0 Å². The normalized spacial score (nSPS) is 13.2. The second kappa shape index (κ2) is 6.28. The molecule has 0 aliphatic carbocycles. The minimum atomic E-state index is 0.0815. The number of nitrogens with one attached hydrogen (secondary N) is 1. The number of thiol groups is 1. The van der Waals surface area contributed by atoms with Gasteiger partial charge in [-0.3, -0.25) is 4.79 Å². The third-order valence-electron chi connectivity index (χ3n) is 3.38. The van der Waals surface area contributed by atoms with Gasteiger partial charge in [0.1, 0.15) is 0 Å². The minimum absolute atomic E-state index is 0.0815. The first-order valence-electron chi connectivity index (χ1n) is 6.33. The fraction of sp³-hybridized carbons (Fsp3) is 0.533. The summed E-state index contributed by atoms with van der Waals surface area (Å²) in [5, 5.41) is 2.99. The van der Waals surface area contributed by atoms with Crippen molar-refractivity contribution in [2.75, 3.05) is 6.54 Å². The van der Waals surface area contributed by atoms with Crippen LogP contribution < -0.4 is 5.32 Å². The number of amides is 1. The highest BCUT2D eigenvalue weighted by Crippen LogP contribution is 2.24. The van der Waals surface area contributed by atoms with Crippen LogP contribution in [0.1, 0.15) is 33.3 Å². The molecule has 3 heteroatoms. The molecular weight excluding hydrogens is 242 g/mol. The van der Waals surface area contributed by atoms with Crippen LogP contribution in [0, 0.1) is 11.3 Å². The summed E-state index contributed by atoms with van der Waals surface area (Å²) in [4.78, 5) is 12.7. The first kappa shape index (κ1) is 15.1. The summed E-state index contributed by atoms with van der Waals surface area (Å²) in [5.74, 6) is 0.541. The number of rotatable bonds is 4. The topological polar surface area (TPSA) is 29.1 Å². The van der Waals surface area contributed by atoms with Gasteiger partial charge in [0.2, 0.25) is 5.91 Å². The molecule has 0 radical (unpaired) electrons. The lowest BCUT2D eigenvalue weighted by atomic mass is 9.82. The zero-order valence-electron chi connectivity index (χ0n) is 11.7. The average Bonchev–Trinajstić information content (AvgIpc) is 2.28. The van der Waals surface area contributed by atoms with Gasteiger partial charge >= 0.3 is 0 Å². The molecule has 0 aliphatic rings. The molecule has 1 N–H and O–H groups in total. The molecule has 1 atom stereocenters. The Morgan fingerprint density at radius 3 is 2.33 bits per heavy atom. The summed E-state index contributed by atoms with van der Waals surface area (Å²) in [7, 11) is 0. The highest BCUT2D eigenvalue weighted by Gasteiger charge is 2.20. The Kier molecular flexibility index (Phi) is 5.27. The molecule has 0 aromatic heterocycles. The summed E-state index contributed by atoms with van der Waals surface area (Å²) in [6, 6.07) is 7.69. The van der Waals surface area contributed by atoms with E-state index in [1.807, 2.05) is 24.3 Å². The molecule has 2 nitrogen and oxygen atoms in total. The number of benzene rings is 1. The molecule has 0 saturated heterocycles. The standard InChI is InChI=1S/C15H23NOS/c1-11(15(2,3)4)10-16-14(17)9-12-5-7-13(18)8-6-12/h5-8,11,18H,9-10H2,1-4H3,(H,16,17). The molecule has 1 amide bonds. The Balaban J connectivity index is 2.41. The van der Waals surface area contributed by atoms with Crippen LogP contribution in [0.3, 0.4) is 0 Å². The fourth-order valence-corrected chi connectivity index (χ4v) is 1.58. The van der Waals surface area contributed by atoms with E-state index in [4.69, 9.17) is 0 Å². The zero-order valence-corrected chi connectivity index (χ0v) is 12.6.